The second-order valence-corrected chi connectivity index (χ2v) is 4.92. The molecule has 22 heavy (non-hydrogen) atoms. The fourth-order valence-electron chi connectivity index (χ4n) is 2.11. The van der Waals surface area contributed by atoms with Crippen LogP contribution in [0.2, 0.25) is 0 Å². The van der Waals surface area contributed by atoms with Gasteiger partial charge in [0.05, 0.1) is 6.20 Å². The highest BCUT2D eigenvalue weighted by molar-refractivity contribution is 5.80. The van der Waals surface area contributed by atoms with Crippen molar-refractivity contribution < 1.29 is 9.13 Å². The van der Waals surface area contributed by atoms with E-state index in [0.717, 1.165) is 31.0 Å². The Labute approximate surface area is 128 Å². The van der Waals surface area contributed by atoms with Crippen LogP contribution in [0.25, 0.3) is 0 Å². The van der Waals surface area contributed by atoms with Crippen molar-refractivity contribution in [3.05, 3.63) is 54.1 Å². The minimum Gasteiger partial charge on any atom is -0.453 e. The smallest absolute Gasteiger partial charge is 0.191 e. The molecule has 0 bridgehead atoms. The Kier molecular flexibility index (Phi) is 4.48. The van der Waals surface area contributed by atoms with Gasteiger partial charge in [0.1, 0.15) is 5.75 Å². The minimum atomic E-state index is -0.401. The molecule has 1 aromatic heterocycles. The van der Waals surface area contributed by atoms with E-state index < -0.39 is 5.82 Å². The largest absolute Gasteiger partial charge is 0.453 e. The third kappa shape index (κ3) is 3.72. The van der Waals surface area contributed by atoms with Crippen LogP contribution in [0.15, 0.2) is 47.7 Å². The highest BCUT2D eigenvalue weighted by atomic mass is 19.1. The summed E-state index contributed by atoms with van der Waals surface area (Å²) < 4.78 is 19.5. The lowest BCUT2D eigenvalue weighted by Crippen LogP contribution is -2.40. The molecule has 1 aliphatic heterocycles. The number of halogens is 1. The van der Waals surface area contributed by atoms with Crippen LogP contribution in [0.1, 0.15) is 12.0 Å². The van der Waals surface area contributed by atoms with Gasteiger partial charge in [0.15, 0.2) is 17.5 Å². The Morgan fingerprint density at radius 1 is 1.32 bits per heavy atom. The van der Waals surface area contributed by atoms with Gasteiger partial charge in [-0.15, -0.1) is 0 Å². The van der Waals surface area contributed by atoms with Crippen LogP contribution in [0.5, 0.6) is 11.5 Å². The standard InChI is InChI=1S/C16H17FN4O/c17-14-9-12(10-21-16-19-7-2-8-20-16)4-5-15(14)22-13-3-1-6-18-11-13/h1,3-6,9,11H,2,7-8,10H2,(H2,19,20,21). The molecule has 114 valence electrons. The van der Waals surface area contributed by atoms with E-state index in [4.69, 9.17) is 4.74 Å². The topological polar surface area (TPSA) is 58.5 Å². The molecule has 2 N–H and O–H groups in total. The molecule has 2 aromatic rings. The first-order valence-electron chi connectivity index (χ1n) is 7.20. The van der Waals surface area contributed by atoms with Crippen LogP contribution >= 0.6 is 0 Å². The molecule has 0 saturated carbocycles. The van der Waals surface area contributed by atoms with Gasteiger partial charge in [-0.25, -0.2) is 4.39 Å². The molecule has 0 saturated heterocycles. The normalized spacial score (nSPS) is 14.0. The van der Waals surface area contributed by atoms with Crippen molar-refractivity contribution in [2.45, 2.75) is 13.0 Å². The summed E-state index contributed by atoms with van der Waals surface area (Å²) in [7, 11) is 0. The molecule has 0 aliphatic carbocycles. The zero-order valence-electron chi connectivity index (χ0n) is 12.1. The molecule has 0 spiro atoms. The lowest BCUT2D eigenvalue weighted by Gasteiger charge is -2.16. The molecule has 3 rings (SSSR count). The lowest BCUT2D eigenvalue weighted by atomic mass is 10.2. The predicted molar refractivity (Wildman–Crippen MR) is 82.5 cm³/mol. The van der Waals surface area contributed by atoms with E-state index in [2.05, 4.69) is 20.6 Å². The van der Waals surface area contributed by atoms with Crippen LogP contribution < -0.4 is 15.4 Å². The van der Waals surface area contributed by atoms with E-state index in [0.29, 0.717) is 12.3 Å². The Balaban J connectivity index is 1.63. The van der Waals surface area contributed by atoms with Crippen molar-refractivity contribution in [1.82, 2.24) is 15.6 Å². The number of hydrogen-bond donors (Lipinski definition) is 2. The second-order valence-electron chi connectivity index (χ2n) is 4.92. The fraction of sp³-hybridized carbons (Fsp3) is 0.250. The van der Waals surface area contributed by atoms with Crippen molar-refractivity contribution in [1.29, 1.82) is 0 Å². The highest BCUT2D eigenvalue weighted by Crippen LogP contribution is 2.24. The number of rotatable bonds is 4. The monoisotopic (exact) mass is 300 g/mol. The van der Waals surface area contributed by atoms with Crippen molar-refractivity contribution in [2.75, 3.05) is 13.1 Å². The zero-order chi connectivity index (χ0) is 15.2. The van der Waals surface area contributed by atoms with Crippen LogP contribution in [-0.2, 0) is 6.54 Å². The molecule has 6 heteroatoms. The maximum absolute atomic E-state index is 14.1. The molecule has 1 aromatic carbocycles. The first kappa shape index (κ1) is 14.3. The highest BCUT2D eigenvalue weighted by Gasteiger charge is 2.08. The van der Waals surface area contributed by atoms with Gasteiger partial charge < -0.3 is 15.4 Å². The summed E-state index contributed by atoms with van der Waals surface area (Å²) >= 11 is 0. The minimum absolute atomic E-state index is 0.185. The van der Waals surface area contributed by atoms with Crippen molar-refractivity contribution in [3.63, 3.8) is 0 Å². The summed E-state index contributed by atoms with van der Waals surface area (Å²) in [6.07, 6.45) is 4.22. The summed E-state index contributed by atoms with van der Waals surface area (Å²) in [6.45, 7) is 2.25. The quantitative estimate of drug-likeness (QED) is 0.910. The molecule has 1 aliphatic rings. The van der Waals surface area contributed by atoms with Gasteiger partial charge in [0.2, 0.25) is 0 Å². The first-order chi connectivity index (χ1) is 10.8. The van der Waals surface area contributed by atoms with Gasteiger partial charge in [-0.3, -0.25) is 9.98 Å². The van der Waals surface area contributed by atoms with Crippen LogP contribution in [-0.4, -0.2) is 24.0 Å². The van der Waals surface area contributed by atoms with Crippen molar-refractivity contribution >= 4 is 5.96 Å². The average molecular weight is 300 g/mol. The number of aliphatic imine (C=N–C) groups is 1. The van der Waals surface area contributed by atoms with Crippen LogP contribution in [0.3, 0.4) is 0 Å². The summed E-state index contributed by atoms with van der Waals surface area (Å²) in [4.78, 5) is 8.24. The molecular weight excluding hydrogens is 283 g/mol. The summed E-state index contributed by atoms with van der Waals surface area (Å²) in [5.41, 5.74) is 0.825. The second kappa shape index (κ2) is 6.89. The Bertz CT molecular complexity index is 660. The number of nitrogens with one attached hydrogen (secondary N) is 2. The van der Waals surface area contributed by atoms with Gasteiger partial charge in [0, 0.05) is 25.8 Å². The number of pyridine rings is 1. The SMILES string of the molecule is Fc1cc(CNC2=NCCCN2)ccc1Oc1cccnc1. The van der Waals surface area contributed by atoms with E-state index in [-0.39, 0.29) is 5.75 Å². The molecule has 5 nitrogen and oxygen atoms in total. The summed E-state index contributed by atoms with van der Waals surface area (Å²) in [5, 5.41) is 6.32. The van der Waals surface area contributed by atoms with E-state index in [1.54, 1.807) is 30.6 Å². The average Bonchev–Trinajstić information content (AvgIpc) is 2.57. The number of aromatic nitrogens is 1. The maximum atomic E-state index is 14.1. The van der Waals surface area contributed by atoms with E-state index in [9.17, 15) is 4.39 Å². The Hall–Kier alpha value is -2.63. The molecule has 0 atom stereocenters. The van der Waals surface area contributed by atoms with Gasteiger partial charge in [-0.05, 0) is 36.2 Å². The zero-order valence-corrected chi connectivity index (χ0v) is 12.1. The molecule has 0 amide bonds. The molecule has 0 radical (unpaired) electrons. The summed E-state index contributed by atoms with van der Waals surface area (Å²) in [6, 6.07) is 8.38. The number of ether oxygens (including phenoxy) is 1. The van der Waals surface area contributed by atoms with E-state index in [1.165, 1.54) is 6.07 Å². The molecular formula is C16H17FN4O. The number of nitrogens with zero attached hydrogens (tertiary/aromatic N) is 2. The third-order valence-electron chi connectivity index (χ3n) is 3.22. The summed E-state index contributed by atoms with van der Waals surface area (Å²) in [5.74, 6) is 1.06. The molecule has 0 fully saturated rings. The Morgan fingerprint density at radius 2 is 2.27 bits per heavy atom. The number of benzene rings is 1. The van der Waals surface area contributed by atoms with E-state index >= 15 is 0 Å². The predicted octanol–water partition coefficient (Wildman–Crippen LogP) is 2.45. The van der Waals surface area contributed by atoms with Gasteiger partial charge >= 0.3 is 0 Å². The van der Waals surface area contributed by atoms with Gasteiger partial charge in [-0.2, -0.15) is 0 Å². The van der Waals surface area contributed by atoms with Gasteiger partial charge in [-0.1, -0.05) is 6.07 Å². The lowest BCUT2D eigenvalue weighted by molar-refractivity contribution is 0.440. The van der Waals surface area contributed by atoms with Gasteiger partial charge in [0.25, 0.3) is 0 Å². The Morgan fingerprint density at radius 3 is 3.00 bits per heavy atom. The number of guanidine groups is 1. The van der Waals surface area contributed by atoms with Crippen LogP contribution in [0, 0.1) is 5.82 Å². The van der Waals surface area contributed by atoms with E-state index in [1.807, 2.05) is 6.07 Å². The van der Waals surface area contributed by atoms with Crippen LogP contribution in [0.4, 0.5) is 4.39 Å². The fourth-order valence-corrected chi connectivity index (χ4v) is 2.11. The molecule has 0 unspecified atom stereocenters. The van der Waals surface area contributed by atoms with Crippen molar-refractivity contribution in [3.8, 4) is 11.5 Å². The maximum Gasteiger partial charge on any atom is 0.191 e. The molecule has 2 heterocycles. The number of hydrogen-bond acceptors (Lipinski definition) is 5. The first-order valence-corrected chi connectivity index (χ1v) is 7.20. The van der Waals surface area contributed by atoms with Crippen molar-refractivity contribution in [2.24, 2.45) is 4.99 Å². The third-order valence-corrected chi connectivity index (χ3v) is 3.22.